The quantitative estimate of drug-likeness (QED) is 0.364. The SMILES string of the molecule is CN1C[C@H](c2ccc(CN3CCC(c4ccc5c(c4)CN(C4CCC(=O)NC4=O)C5=O)CC3)cc2)C[C@H](N(C)c2ccn(C)c(=O)c2Br)C1. The topological polar surface area (TPSA) is 98.2 Å². The molecule has 0 aliphatic carbocycles. The van der Waals surface area contributed by atoms with Gasteiger partial charge in [-0.05, 0) is 108 Å². The molecule has 1 unspecified atom stereocenters. The maximum atomic E-state index is 13.1. The Morgan fingerprint density at radius 1 is 0.898 bits per heavy atom. The highest BCUT2D eigenvalue weighted by atomic mass is 79.9. The predicted octanol–water partition coefficient (Wildman–Crippen LogP) is 4.21. The Morgan fingerprint density at radius 2 is 1.63 bits per heavy atom. The van der Waals surface area contributed by atoms with Crippen LogP contribution in [-0.2, 0) is 29.7 Å². The van der Waals surface area contributed by atoms with Crippen LogP contribution in [0.3, 0.4) is 0 Å². The molecule has 3 aromatic rings. The number of anilines is 1. The molecule has 258 valence electrons. The number of rotatable bonds is 7. The van der Waals surface area contributed by atoms with E-state index in [1.54, 1.807) is 16.5 Å². The van der Waals surface area contributed by atoms with Gasteiger partial charge in [0.05, 0.1) is 5.69 Å². The maximum Gasteiger partial charge on any atom is 0.266 e. The van der Waals surface area contributed by atoms with Crippen molar-refractivity contribution in [1.29, 1.82) is 0 Å². The van der Waals surface area contributed by atoms with E-state index < -0.39 is 6.04 Å². The Balaban J connectivity index is 0.932. The zero-order valence-corrected chi connectivity index (χ0v) is 30.1. The number of nitrogens with one attached hydrogen (secondary N) is 1. The summed E-state index contributed by atoms with van der Waals surface area (Å²) in [6, 6.07) is 17.1. The highest BCUT2D eigenvalue weighted by Crippen LogP contribution is 2.35. The van der Waals surface area contributed by atoms with Crippen LogP contribution in [0.15, 0.2) is 64.0 Å². The molecule has 5 heterocycles. The van der Waals surface area contributed by atoms with Crippen LogP contribution >= 0.6 is 15.9 Å². The third-order valence-corrected chi connectivity index (χ3v) is 11.9. The van der Waals surface area contributed by atoms with Crippen LogP contribution in [0, 0.1) is 0 Å². The molecule has 4 aliphatic heterocycles. The fourth-order valence-corrected chi connectivity index (χ4v) is 8.98. The lowest BCUT2D eigenvalue weighted by molar-refractivity contribution is -0.136. The zero-order valence-electron chi connectivity index (χ0n) is 28.5. The molecule has 10 nitrogen and oxygen atoms in total. The number of likely N-dealkylation sites (tertiary alicyclic amines) is 2. The monoisotopic (exact) mass is 728 g/mol. The highest BCUT2D eigenvalue weighted by Gasteiger charge is 2.39. The third kappa shape index (κ3) is 6.85. The number of imide groups is 1. The minimum absolute atomic E-state index is 0.0223. The van der Waals surface area contributed by atoms with Gasteiger partial charge in [0, 0.05) is 64.5 Å². The number of carbonyl (C=O) groups is 3. The number of piperidine rings is 3. The molecular formula is C38H45BrN6O4. The minimum atomic E-state index is -0.582. The van der Waals surface area contributed by atoms with E-state index in [9.17, 15) is 19.2 Å². The molecule has 49 heavy (non-hydrogen) atoms. The standard InChI is InChI=1S/C38H45BrN6O4/c1-41-21-28(19-30(23-41)43(3)32-14-15-42(2)38(49)35(32)39)25-6-4-24(5-7-25)20-44-16-12-26(13-17-44)27-8-9-31-29(18-27)22-45(37(31)48)33-10-11-34(46)40-36(33)47/h4-9,14-15,18,26,28,30,33H,10-13,16-17,19-23H2,1-3H3,(H,40,46,47)/t28-,30+,33?/m1/s1. The summed E-state index contributed by atoms with van der Waals surface area (Å²) in [4.78, 5) is 58.5. The van der Waals surface area contributed by atoms with Gasteiger partial charge in [0.25, 0.3) is 11.5 Å². The molecule has 3 amide bonds. The first-order chi connectivity index (χ1) is 23.5. The number of hydrogen-bond donors (Lipinski definition) is 1. The Bertz CT molecular complexity index is 1820. The van der Waals surface area contributed by atoms with Gasteiger partial charge in [-0.1, -0.05) is 36.4 Å². The van der Waals surface area contributed by atoms with Crippen molar-refractivity contribution in [3.8, 4) is 0 Å². The van der Waals surface area contributed by atoms with Gasteiger partial charge < -0.3 is 19.3 Å². The van der Waals surface area contributed by atoms with E-state index in [2.05, 4.69) is 86.4 Å². The smallest absolute Gasteiger partial charge is 0.266 e. The van der Waals surface area contributed by atoms with Gasteiger partial charge >= 0.3 is 0 Å². The van der Waals surface area contributed by atoms with Crippen molar-refractivity contribution in [3.63, 3.8) is 0 Å². The number of pyridine rings is 1. The fourth-order valence-electron chi connectivity index (χ4n) is 8.29. The van der Waals surface area contributed by atoms with Gasteiger partial charge in [0.2, 0.25) is 11.8 Å². The van der Waals surface area contributed by atoms with E-state index in [0.717, 1.165) is 63.2 Å². The molecule has 0 radical (unpaired) electrons. The summed E-state index contributed by atoms with van der Waals surface area (Å²) in [6.07, 6.45) is 5.63. The van der Waals surface area contributed by atoms with E-state index in [4.69, 9.17) is 0 Å². The van der Waals surface area contributed by atoms with Gasteiger partial charge in [0.15, 0.2) is 0 Å². The lowest BCUT2D eigenvalue weighted by Crippen LogP contribution is -2.52. The second kappa shape index (κ2) is 13.8. The summed E-state index contributed by atoms with van der Waals surface area (Å²) in [5, 5.41) is 2.38. The molecule has 0 bridgehead atoms. The predicted molar refractivity (Wildman–Crippen MR) is 193 cm³/mol. The number of halogens is 1. The molecule has 1 N–H and O–H groups in total. The lowest BCUT2D eigenvalue weighted by Gasteiger charge is -2.41. The Kier molecular flexibility index (Phi) is 9.51. The maximum absolute atomic E-state index is 13.1. The second-order valence-electron chi connectivity index (χ2n) is 14.5. The summed E-state index contributed by atoms with van der Waals surface area (Å²) in [7, 11) is 6.05. The normalized spacial score (nSPS) is 23.9. The van der Waals surface area contributed by atoms with E-state index in [1.807, 2.05) is 18.3 Å². The van der Waals surface area contributed by atoms with Crippen molar-refractivity contribution in [2.75, 3.05) is 45.2 Å². The number of aryl methyl sites for hydroxylation is 1. The van der Waals surface area contributed by atoms with Crippen LogP contribution in [0.4, 0.5) is 5.69 Å². The minimum Gasteiger partial charge on any atom is -0.369 e. The Morgan fingerprint density at radius 3 is 2.37 bits per heavy atom. The van der Waals surface area contributed by atoms with Crippen molar-refractivity contribution >= 4 is 39.3 Å². The summed E-state index contributed by atoms with van der Waals surface area (Å²) in [5.74, 6) is 0.103. The van der Waals surface area contributed by atoms with E-state index >= 15 is 0 Å². The van der Waals surface area contributed by atoms with Crippen molar-refractivity contribution < 1.29 is 14.4 Å². The second-order valence-corrected chi connectivity index (χ2v) is 15.3. The summed E-state index contributed by atoms with van der Waals surface area (Å²) in [6.45, 7) is 5.35. The molecule has 0 saturated carbocycles. The Labute approximate surface area is 296 Å². The molecule has 4 aliphatic rings. The summed E-state index contributed by atoms with van der Waals surface area (Å²) < 4.78 is 2.21. The molecule has 7 rings (SSSR count). The summed E-state index contributed by atoms with van der Waals surface area (Å²) in [5.41, 5.74) is 6.53. The number of carbonyl (C=O) groups excluding carboxylic acids is 3. The van der Waals surface area contributed by atoms with Crippen LogP contribution < -0.4 is 15.8 Å². The fraction of sp³-hybridized carbons (Fsp3) is 0.474. The number of benzene rings is 2. The van der Waals surface area contributed by atoms with Gasteiger partial charge in [-0.3, -0.25) is 29.4 Å². The first-order valence-corrected chi connectivity index (χ1v) is 18.2. The number of aromatic nitrogens is 1. The zero-order chi connectivity index (χ0) is 34.4. The van der Waals surface area contributed by atoms with Crippen molar-refractivity contribution in [3.05, 3.63) is 97.4 Å². The number of hydrogen-bond acceptors (Lipinski definition) is 7. The average molecular weight is 730 g/mol. The van der Waals surface area contributed by atoms with Gasteiger partial charge in [-0.15, -0.1) is 0 Å². The van der Waals surface area contributed by atoms with Crippen molar-refractivity contribution in [1.82, 2.24) is 24.6 Å². The first-order valence-electron chi connectivity index (χ1n) is 17.4. The van der Waals surface area contributed by atoms with Gasteiger partial charge in [-0.25, -0.2) is 0 Å². The van der Waals surface area contributed by atoms with Crippen LogP contribution in [0.5, 0.6) is 0 Å². The molecule has 2 aromatic carbocycles. The molecule has 0 spiro atoms. The van der Waals surface area contributed by atoms with E-state index in [1.165, 1.54) is 16.7 Å². The highest BCUT2D eigenvalue weighted by molar-refractivity contribution is 9.10. The molecule has 11 heteroatoms. The third-order valence-electron chi connectivity index (χ3n) is 11.2. The van der Waals surface area contributed by atoms with Crippen molar-refractivity contribution in [2.24, 2.45) is 7.05 Å². The molecular weight excluding hydrogens is 684 g/mol. The van der Waals surface area contributed by atoms with E-state index in [0.29, 0.717) is 40.9 Å². The number of nitrogens with zero attached hydrogens (tertiary/aromatic N) is 5. The lowest BCUT2D eigenvalue weighted by atomic mass is 9.86. The van der Waals surface area contributed by atoms with Gasteiger partial charge in [0.1, 0.15) is 10.5 Å². The molecule has 3 saturated heterocycles. The summed E-state index contributed by atoms with van der Waals surface area (Å²) >= 11 is 3.54. The van der Waals surface area contributed by atoms with Gasteiger partial charge in [-0.2, -0.15) is 0 Å². The number of likely N-dealkylation sites (N-methyl/N-ethyl adjacent to an activating group) is 2. The molecule has 3 fully saturated rings. The molecule has 1 aromatic heterocycles. The van der Waals surface area contributed by atoms with Crippen LogP contribution in [-0.4, -0.2) is 89.3 Å². The largest absolute Gasteiger partial charge is 0.369 e. The first kappa shape index (κ1) is 33.7. The van der Waals surface area contributed by atoms with Crippen LogP contribution in [0.25, 0.3) is 0 Å². The van der Waals surface area contributed by atoms with Crippen LogP contribution in [0.1, 0.15) is 76.6 Å². The van der Waals surface area contributed by atoms with E-state index in [-0.39, 0.29) is 29.7 Å². The van der Waals surface area contributed by atoms with Crippen LogP contribution in [0.2, 0.25) is 0 Å². The van der Waals surface area contributed by atoms with Crippen molar-refractivity contribution in [2.45, 2.75) is 69.1 Å². The average Bonchev–Trinajstić information content (AvgIpc) is 3.42. The Hall–Kier alpha value is -3.80. The molecule has 3 atom stereocenters. The number of fused-ring (bicyclic) bond motifs is 1. The number of amides is 3.